The second-order valence-electron chi connectivity index (χ2n) is 6.84. The lowest BCUT2D eigenvalue weighted by molar-refractivity contribution is -0.122. The fourth-order valence-electron chi connectivity index (χ4n) is 3.25. The lowest BCUT2D eigenvalue weighted by atomic mass is 10.2. The summed E-state index contributed by atoms with van der Waals surface area (Å²) in [6.07, 6.45) is 7.15. The number of sulfonamides is 1. The zero-order valence-electron chi connectivity index (χ0n) is 15.9. The van der Waals surface area contributed by atoms with Crippen LogP contribution in [0.15, 0.2) is 35.5 Å². The lowest BCUT2D eigenvalue weighted by Crippen LogP contribution is -2.35. The Kier molecular flexibility index (Phi) is 6.18. The molecule has 156 valence electrons. The molecule has 29 heavy (non-hydrogen) atoms. The third kappa shape index (κ3) is 5.33. The van der Waals surface area contributed by atoms with Crippen LogP contribution in [0.3, 0.4) is 0 Å². The van der Waals surface area contributed by atoms with Gasteiger partial charge in [-0.2, -0.15) is 5.10 Å². The van der Waals surface area contributed by atoms with Crippen molar-refractivity contribution < 1.29 is 22.7 Å². The van der Waals surface area contributed by atoms with Crippen LogP contribution in [0.25, 0.3) is 0 Å². The third-order valence-corrected chi connectivity index (χ3v) is 5.57. The Bertz CT molecular complexity index is 1010. The molecule has 1 fully saturated rings. The van der Waals surface area contributed by atoms with Gasteiger partial charge in [0.25, 0.3) is 5.91 Å². The van der Waals surface area contributed by atoms with Gasteiger partial charge in [0, 0.05) is 12.2 Å². The molecule has 0 spiro atoms. The number of anilines is 1. The van der Waals surface area contributed by atoms with E-state index in [1.807, 2.05) is 0 Å². The number of methoxy groups -OCH3 is 1. The number of amides is 2. The lowest BCUT2D eigenvalue weighted by Gasteiger charge is -2.11. The highest BCUT2D eigenvalue weighted by molar-refractivity contribution is 7.89. The van der Waals surface area contributed by atoms with Crippen molar-refractivity contribution in [3.63, 3.8) is 0 Å². The van der Waals surface area contributed by atoms with Gasteiger partial charge in [0.2, 0.25) is 15.9 Å². The normalized spacial score (nSPS) is 14.6. The Labute approximate surface area is 168 Å². The van der Waals surface area contributed by atoms with Crippen LogP contribution >= 0.6 is 0 Å². The van der Waals surface area contributed by atoms with Crippen LogP contribution in [0.2, 0.25) is 0 Å². The van der Waals surface area contributed by atoms with E-state index >= 15 is 0 Å². The van der Waals surface area contributed by atoms with Gasteiger partial charge in [-0.05, 0) is 31.0 Å². The maximum absolute atomic E-state index is 12.6. The minimum atomic E-state index is -3.97. The van der Waals surface area contributed by atoms with Crippen LogP contribution in [0.4, 0.5) is 5.69 Å². The highest BCUT2D eigenvalue weighted by Crippen LogP contribution is 2.23. The molecule has 10 nitrogen and oxygen atoms in total. The Morgan fingerprint density at radius 3 is 2.69 bits per heavy atom. The molecule has 0 saturated heterocycles. The summed E-state index contributed by atoms with van der Waals surface area (Å²) in [5, 5.41) is 14.8. The fraction of sp³-hybridized carbons (Fsp3) is 0.389. The quantitative estimate of drug-likeness (QED) is 0.604. The maximum atomic E-state index is 12.6. The van der Waals surface area contributed by atoms with E-state index in [1.165, 1.54) is 36.3 Å². The molecular weight excluding hydrogens is 398 g/mol. The number of benzene rings is 1. The Morgan fingerprint density at radius 1 is 1.31 bits per heavy atom. The van der Waals surface area contributed by atoms with E-state index in [0.29, 0.717) is 5.69 Å². The molecule has 3 rings (SSSR count). The third-order valence-electron chi connectivity index (χ3n) is 4.66. The van der Waals surface area contributed by atoms with Gasteiger partial charge in [-0.25, -0.2) is 13.6 Å². The number of hydrogen-bond donors (Lipinski definition) is 3. The predicted molar refractivity (Wildman–Crippen MR) is 105 cm³/mol. The first-order valence-corrected chi connectivity index (χ1v) is 10.6. The summed E-state index contributed by atoms with van der Waals surface area (Å²) >= 11 is 0. The predicted octanol–water partition coefficient (Wildman–Crippen LogP) is 0.850. The molecular formula is C18H23N5O5S. The minimum absolute atomic E-state index is 0.00533. The molecule has 1 aliphatic carbocycles. The first kappa shape index (κ1) is 20.8. The van der Waals surface area contributed by atoms with Gasteiger partial charge < -0.3 is 15.4 Å². The van der Waals surface area contributed by atoms with Gasteiger partial charge in [0.05, 0.1) is 29.5 Å². The van der Waals surface area contributed by atoms with E-state index in [0.717, 1.165) is 31.7 Å². The molecule has 2 amide bonds. The topological polar surface area (TPSA) is 145 Å². The fourth-order valence-corrected chi connectivity index (χ4v) is 3.78. The smallest absolute Gasteiger partial charge is 0.259 e. The van der Waals surface area contributed by atoms with Gasteiger partial charge in [-0.15, -0.1) is 0 Å². The molecule has 0 atom stereocenters. The van der Waals surface area contributed by atoms with E-state index in [9.17, 15) is 18.0 Å². The highest BCUT2D eigenvalue weighted by atomic mass is 32.2. The number of rotatable bonds is 7. The largest absolute Gasteiger partial charge is 0.496 e. The van der Waals surface area contributed by atoms with E-state index < -0.39 is 15.9 Å². The molecule has 1 aromatic carbocycles. The second-order valence-corrected chi connectivity index (χ2v) is 8.40. The molecule has 0 unspecified atom stereocenters. The van der Waals surface area contributed by atoms with Crippen molar-refractivity contribution in [2.24, 2.45) is 5.14 Å². The van der Waals surface area contributed by atoms with Crippen LogP contribution in [0, 0.1) is 0 Å². The summed E-state index contributed by atoms with van der Waals surface area (Å²) in [4.78, 5) is 24.5. The monoisotopic (exact) mass is 421 g/mol. The number of hydrogen-bond acceptors (Lipinski definition) is 6. The molecule has 0 radical (unpaired) electrons. The minimum Gasteiger partial charge on any atom is -0.496 e. The summed E-state index contributed by atoms with van der Waals surface area (Å²) in [6.45, 7) is 0.0383. The van der Waals surface area contributed by atoms with Crippen molar-refractivity contribution in [3.8, 4) is 5.75 Å². The van der Waals surface area contributed by atoms with Crippen LogP contribution in [0.5, 0.6) is 5.75 Å². The molecule has 1 aliphatic rings. The standard InChI is InChI=1S/C18H23N5O5S/c1-28-16-7-6-14(29(19,26)27)8-15(16)18(25)22-13-9-20-23(10-13)11-17(24)21-12-4-2-3-5-12/h6-10,12H,2-5,11H2,1H3,(H,21,24)(H,22,25)(H2,19,26,27). The van der Waals surface area contributed by atoms with Crippen molar-refractivity contribution in [3.05, 3.63) is 36.2 Å². The first-order chi connectivity index (χ1) is 13.8. The highest BCUT2D eigenvalue weighted by Gasteiger charge is 2.19. The van der Waals surface area contributed by atoms with Crippen molar-refractivity contribution in [2.75, 3.05) is 12.4 Å². The summed E-state index contributed by atoms with van der Waals surface area (Å²) < 4.78 is 29.6. The Balaban J connectivity index is 1.67. The molecule has 0 bridgehead atoms. The molecule has 2 aromatic rings. The maximum Gasteiger partial charge on any atom is 0.259 e. The number of nitrogens with zero attached hydrogens (tertiary/aromatic N) is 2. The van der Waals surface area contributed by atoms with Crippen molar-refractivity contribution in [2.45, 2.75) is 43.2 Å². The number of nitrogens with one attached hydrogen (secondary N) is 2. The van der Waals surface area contributed by atoms with Crippen LogP contribution in [-0.2, 0) is 21.4 Å². The summed E-state index contributed by atoms with van der Waals surface area (Å²) in [5.74, 6) is -0.541. The summed E-state index contributed by atoms with van der Waals surface area (Å²) in [5.41, 5.74) is 0.359. The van der Waals surface area contributed by atoms with Crippen LogP contribution in [-0.4, -0.2) is 43.2 Å². The SMILES string of the molecule is COc1ccc(S(N)(=O)=O)cc1C(=O)Nc1cnn(CC(=O)NC2CCCC2)c1. The summed E-state index contributed by atoms with van der Waals surface area (Å²) in [6, 6.07) is 3.97. The van der Waals surface area contributed by atoms with Gasteiger partial charge in [-0.3, -0.25) is 14.3 Å². The molecule has 0 aliphatic heterocycles. The van der Waals surface area contributed by atoms with Gasteiger partial charge in [0.15, 0.2) is 0 Å². The number of nitrogens with two attached hydrogens (primary N) is 1. The van der Waals surface area contributed by atoms with Crippen LogP contribution in [0.1, 0.15) is 36.0 Å². The van der Waals surface area contributed by atoms with E-state index in [1.54, 1.807) is 0 Å². The number of primary sulfonamides is 1. The zero-order chi connectivity index (χ0) is 21.0. The molecule has 1 aromatic heterocycles. The Morgan fingerprint density at radius 2 is 2.03 bits per heavy atom. The molecule has 1 saturated carbocycles. The van der Waals surface area contributed by atoms with Gasteiger partial charge >= 0.3 is 0 Å². The van der Waals surface area contributed by atoms with Crippen molar-refractivity contribution in [1.82, 2.24) is 15.1 Å². The first-order valence-electron chi connectivity index (χ1n) is 9.10. The molecule has 4 N–H and O–H groups in total. The average molecular weight is 421 g/mol. The number of carbonyl (C=O) groups excluding carboxylic acids is 2. The van der Waals surface area contributed by atoms with E-state index in [2.05, 4.69) is 15.7 Å². The average Bonchev–Trinajstić information content (AvgIpc) is 3.32. The van der Waals surface area contributed by atoms with Gasteiger partial charge in [-0.1, -0.05) is 12.8 Å². The van der Waals surface area contributed by atoms with Gasteiger partial charge in [0.1, 0.15) is 12.3 Å². The summed E-state index contributed by atoms with van der Waals surface area (Å²) in [7, 11) is -2.61. The number of aromatic nitrogens is 2. The van der Waals surface area contributed by atoms with Crippen LogP contribution < -0.4 is 20.5 Å². The van der Waals surface area contributed by atoms with E-state index in [4.69, 9.17) is 9.88 Å². The van der Waals surface area contributed by atoms with E-state index in [-0.39, 0.29) is 34.7 Å². The number of ether oxygens (including phenoxy) is 1. The van der Waals surface area contributed by atoms with Crippen molar-refractivity contribution >= 4 is 27.5 Å². The van der Waals surface area contributed by atoms with Crippen molar-refractivity contribution in [1.29, 1.82) is 0 Å². The second kappa shape index (κ2) is 8.62. The zero-order valence-corrected chi connectivity index (χ0v) is 16.7. The molecule has 1 heterocycles. The molecule has 11 heteroatoms. The Hall–Kier alpha value is -2.92. The number of carbonyl (C=O) groups is 2.